The number of nitrogens with one attached hydrogen (secondary N) is 2. The van der Waals surface area contributed by atoms with Crippen molar-refractivity contribution >= 4 is 11.4 Å². The topological polar surface area (TPSA) is 83.6 Å². The first kappa shape index (κ1) is 10.5. The van der Waals surface area contributed by atoms with Crippen molar-refractivity contribution in [2.75, 3.05) is 11.5 Å². The average Bonchev–Trinajstić information content (AvgIpc) is 3.03. The maximum absolute atomic E-state index is 6.12. The van der Waals surface area contributed by atoms with E-state index in [0.29, 0.717) is 11.4 Å². The SMILES string of the molecule is Nc1c(-c2ccc[nH]2)ccc(-c2ccc[nH]2)c1N. The molecule has 0 fully saturated rings. The number of anilines is 2. The lowest BCUT2D eigenvalue weighted by molar-refractivity contribution is 1.39. The molecule has 6 N–H and O–H groups in total. The lowest BCUT2D eigenvalue weighted by Crippen LogP contribution is -2.00. The molecule has 0 bridgehead atoms. The molecule has 0 atom stereocenters. The summed E-state index contributed by atoms with van der Waals surface area (Å²) in [6.07, 6.45) is 3.73. The molecular formula is C14H14N4. The summed E-state index contributed by atoms with van der Waals surface area (Å²) in [4.78, 5) is 6.26. The molecule has 0 spiro atoms. The van der Waals surface area contributed by atoms with Crippen LogP contribution in [0.2, 0.25) is 0 Å². The number of hydrogen-bond acceptors (Lipinski definition) is 2. The van der Waals surface area contributed by atoms with Crippen molar-refractivity contribution in [3.63, 3.8) is 0 Å². The van der Waals surface area contributed by atoms with Crippen LogP contribution < -0.4 is 11.5 Å². The van der Waals surface area contributed by atoms with Crippen LogP contribution in [0.1, 0.15) is 0 Å². The second-order valence-electron chi connectivity index (χ2n) is 4.16. The van der Waals surface area contributed by atoms with E-state index in [0.717, 1.165) is 22.5 Å². The number of aromatic amines is 2. The van der Waals surface area contributed by atoms with Crippen LogP contribution in [0.4, 0.5) is 11.4 Å². The molecule has 4 nitrogen and oxygen atoms in total. The van der Waals surface area contributed by atoms with Crippen molar-refractivity contribution in [2.24, 2.45) is 0 Å². The number of nitrogen functional groups attached to an aromatic ring is 2. The van der Waals surface area contributed by atoms with Crippen LogP contribution in [-0.2, 0) is 0 Å². The monoisotopic (exact) mass is 238 g/mol. The Morgan fingerprint density at radius 1 is 0.667 bits per heavy atom. The molecule has 90 valence electrons. The smallest absolute Gasteiger partial charge is 0.0649 e. The Bertz CT molecular complexity index is 592. The highest BCUT2D eigenvalue weighted by atomic mass is 14.7. The number of rotatable bonds is 2. The van der Waals surface area contributed by atoms with E-state index in [1.165, 1.54) is 0 Å². The lowest BCUT2D eigenvalue weighted by Gasteiger charge is -2.11. The molecule has 18 heavy (non-hydrogen) atoms. The maximum Gasteiger partial charge on any atom is 0.0649 e. The average molecular weight is 238 g/mol. The highest BCUT2D eigenvalue weighted by Crippen LogP contribution is 2.36. The number of nitrogens with two attached hydrogens (primary N) is 2. The maximum atomic E-state index is 6.12. The largest absolute Gasteiger partial charge is 0.396 e. The first-order chi connectivity index (χ1) is 8.77. The van der Waals surface area contributed by atoms with Crippen molar-refractivity contribution in [1.82, 2.24) is 9.97 Å². The minimum absolute atomic E-state index is 0.601. The minimum Gasteiger partial charge on any atom is -0.396 e. The van der Waals surface area contributed by atoms with E-state index in [1.54, 1.807) is 0 Å². The molecule has 0 radical (unpaired) electrons. The van der Waals surface area contributed by atoms with Gasteiger partial charge >= 0.3 is 0 Å². The van der Waals surface area contributed by atoms with Crippen LogP contribution in [0, 0.1) is 0 Å². The van der Waals surface area contributed by atoms with E-state index in [1.807, 2.05) is 48.8 Å². The minimum atomic E-state index is 0.601. The van der Waals surface area contributed by atoms with Crippen LogP contribution in [0.5, 0.6) is 0 Å². The molecule has 4 heteroatoms. The quantitative estimate of drug-likeness (QED) is 0.518. The van der Waals surface area contributed by atoms with Crippen molar-refractivity contribution in [3.05, 3.63) is 48.8 Å². The fraction of sp³-hybridized carbons (Fsp3) is 0. The van der Waals surface area contributed by atoms with Gasteiger partial charge in [-0.1, -0.05) is 0 Å². The molecule has 0 unspecified atom stereocenters. The lowest BCUT2D eigenvalue weighted by atomic mass is 10.0. The number of hydrogen-bond donors (Lipinski definition) is 4. The third kappa shape index (κ3) is 1.55. The Labute approximate surface area is 105 Å². The molecule has 3 rings (SSSR count). The summed E-state index contributed by atoms with van der Waals surface area (Å²) in [5.74, 6) is 0. The van der Waals surface area contributed by atoms with E-state index in [2.05, 4.69) is 9.97 Å². The van der Waals surface area contributed by atoms with Crippen LogP contribution in [0.15, 0.2) is 48.8 Å². The Morgan fingerprint density at radius 2 is 1.11 bits per heavy atom. The third-order valence-corrected chi connectivity index (χ3v) is 3.06. The number of H-pyrrole nitrogens is 2. The van der Waals surface area contributed by atoms with Gasteiger partial charge in [0.25, 0.3) is 0 Å². The van der Waals surface area contributed by atoms with Gasteiger partial charge in [-0.3, -0.25) is 0 Å². The van der Waals surface area contributed by atoms with Crippen LogP contribution >= 0.6 is 0 Å². The van der Waals surface area contributed by atoms with Gasteiger partial charge in [0.15, 0.2) is 0 Å². The van der Waals surface area contributed by atoms with Gasteiger partial charge in [-0.2, -0.15) is 0 Å². The fourth-order valence-corrected chi connectivity index (χ4v) is 2.10. The van der Waals surface area contributed by atoms with Crippen molar-refractivity contribution < 1.29 is 0 Å². The summed E-state index contributed by atoms with van der Waals surface area (Å²) < 4.78 is 0. The highest BCUT2D eigenvalue weighted by molar-refractivity contribution is 5.92. The summed E-state index contributed by atoms with van der Waals surface area (Å²) in [6, 6.07) is 11.8. The van der Waals surface area contributed by atoms with Gasteiger partial charge in [0.1, 0.15) is 0 Å². The molecular weight excluding hydrogens is 224 g/mol. The fourth-order valence-electron chi connectivity index (χ4n) is 2.10. The van der Waals surface area contributed by atoms with E-state index in [9.17, 15) is 0 Å². The Hall–Kier alpha value is -2.62. The van der Waals surface area contributed by atoms with Crippen molar-refractivity contribution in [1.29, 1.82) is 0 Å². The molecule has 0 aliphatic rings. The summed E-state index contributed by atoms with van der Waals surface area (Å²) in [6.45, 7) is 0. The van der Waals surface area contributed by atoms with Crippen LogP contribution in [-0.4, -0.2) is 9.97 Å². The van der Waals surface area contributed by atoms with Gasteiger partial charge < -0.3 is 21.4 Å². The first-order valence-corrected chi connectivity index (χ1v) is 5.73. The predicted molar refractivity (Wildman–Crippen MR) is 74.8 cm³/mol. The molecule has 0 aliphatic heterocycles. The second-order valence-corrected chi connectivity index (χ2v) is 4.16. The van der Waals surface area contributed by atoms with Gasteiger partial charge in [0.2, 0.25) is 0 Å². The Balaban J connectivity index is 2.15. The second kappa shape index (κ2) is 4.00. The molecule has 1 aromatic carbocycles. The van der Waals surface area contributed by atoms with Crippen molar-refractivity contribution in [2.45, 2.75) is 0 Å². The summed E-state index contributed by atoms with van der Waals surface area (Å²) in [5, 5.41) is 0. The summed E-state index contributed by atoms with van der Waals surface area (Å²) in [7, 11) is 0. The van der Waals surface area contributed by atoms with Crippen LogP contribution in [0.25, 0.3) is 22.5 Å². The van der Waals surface area contributed by atoms with Gasteiger partial charge in [0, 0.05) is 34.9 Å². The number of aromatic nitrogens is 2. The van der Waals surface area contributed by atoms with E-state index < -0.39 is 0 Å². The zero-order valence-corrected chi connectivity index (χ0v) is 9.77. The Kier molecular flexibility index (Phi) is 2.34. The summed E-state index contributed by atoms with van der Waals surface area (Å²) >= 11 is 0. The molecule has 2 aromatic heterocycles. The Morgan fingerprint density at radius 3 is 1.44 bits per heavy atom. The van der Waals surface area contributed by atoms with E-state index in [-0.39, 0.29) is 0 Å². The van der Waals surface area contributed by atoms with Gasteiger partial charge in [-0.05, 0) is 36.4 Å². The molecule has 0 saturated heterocycles. The van der Waals surface area contributed by atoms with Gasteiger partial charge in [0.05, 0.1) is 11.4 Å². The number of benzene rings is 1. The van der Waals surface area contributed by atoms with E-state index >= 15 is 0 Å². The predicted octanol–water partition coefficient (Wildman–Crippen LogP) is 2.84. The standard InChI is InChI=1S/C14H14N4/c15-13-9(11-3-1-7-17-11)5-6-10(14(13)16)12-4-2-8-18-12/h1-8,17-18H,15-16H2. The van der Waals surface area contributed by atoms with E-state index in [4.69, 9.17) is 11.5 Å². The zero-order valence-electron chi connectivity index (χ0n) is 9.77. The first-order valence-electron chi connectivity index (χ1n) is 5.73. The molecule has 0 saturated carbocycles. The molecule has 0 aliphatic carbocycles. The highest BCUT2D eigenvalue weighted by Gasteiger charge is 2.11. The summed E-state index contributed by atoms with van der Waals surface area (Å²) in [5.41, 5.74) is 17.2. The normalized spacial score (nSPS) is 10.7. The third-order valence-electron chi connectivity index (χ3n) is 3.06. The van der Waals surface area contributed by atoms with Crippen LogP contribution in [0.3, 0.4) is 0 Å². The van der Waals surface area contributed by atoms with Gasteiger partial charge in [-0.15, -0.1) is 0 Å². The molecule has 2 heterocycles. The molecule has 0 amide bonds. The van der Waals surface area contributed by atoms with Gasteiger partial charge in [-0.25, -0.2) is 0 Å². The molecule has 3 aromatic rings. The zero-order chi connectivity index (χ0) is 12.5. The van der Waals surface area contributed by atoms with Crippen molar-refractivity contribution in [3.8, 4) is 22.5 Å².